The van der Waals surface area contributed by atoms with Gasteiger partial charge in [0.15, 0.2) is 0 Å². The Morgan fingerprint density at radius 3 is 2.87 bits per heavy atom. The van der Waals surface area contributed by atoms with Crippen LogP contribution in [0.3, 0.4) is 0 Å². The summed E-state index contributed by atoms with van der Waals surface area (Å²) in [6.07, 6.45) is 4.00. The Kier molecular flexibility index (Phi) is 1.55. The lowest BCUT2D eigenvalue weighted by Crippen LogP contribution is -1.99. The second kappa shape index (κ2) is 2.68. The van der Waals surface area contributed by atoms with Gasteiger partial charge in [-0.25, -0.2) is 0 Å². The Labute approximate surface area is 86.9 Å². The second-order valence-corrected chi connectivity index (χ2v) is 4.39. The van der Waals surface area contributed by atoms with E-state index in [1.165, 1.54) is 0 Å². The lowest BCUT2D eigenvalue weighted by Gasteiger charge is -1.96. The Morgan fingerprint density at radius 2 is 2.27 bits per heavy atom. The van der Waals surface area contributed by atoms with Crippen molar-refractivity contribution in [3.8, 4) is 11.4 Å². The summed E-state index contributed by atoms with van der Waals surface area (Å²) in [6, 6.07) is 0. The molecule has 0 bridgehead atoms. The van der Waals surface area contributed by atoms with Gasteiger partial charge in [0.05, 0.1) is 11.8 Å². The highest BCUT2D eigenvalue weighted by atomic mass is 16.5. The van der Waals surface area contributed by atoms with Crippen molar-refractivity contribution in [2.75, 3.05) is 0 Å². The molecule has 78 valence electrons. The standard InChI is InChI=1S/C10H12N4O/c1-6-7(5-11-13-6)8-12-9(15-14-8)10(2)3-4-10/h5H,3-4H2,1-2H3,(H,11,13). The first-order chi connectivity index (χ1) is 7.19. The van der Waals surface area contributed by atoms with E-state index < -0.39 is 0 Å². The van der Waals surface area contributed by atoms with Crippen molar-refractivity contribution in [3.05, 3.63) is 17.8 Å². The van der Waals surface area contributed by atoms with Crippen LogP contribution in [0.15, 0.2) is 10.7 Å². The number of nitrogens with zero attached hydrogens (tertiary/aromatic N) is 3. The van der Waals surface area contributed by atoms with E-state index in [1.807, 2.05) is 6.92 Å². The minimum atomic E-state index is 0.128. The van der Waals surface area contributed by atoms with E-state index in [0.29, 0.717) is 5.82 Å². The molecule has 0 aromatic carbocycles. The van der Waals surface area contributed by atoms with E-state index in [1.54, 1.807) is 6.20 Å². The van der Waals surface area contributed by atoms with Crippen LogP contribution in [0.1, 0.15) is 31.4 Å². The number of hydrogen-bond acceptors (Lipinski definition) is 4. The predicted molar refractivity (Wildman–Crippen MR) is 53.2 cm³/mol. The largest absolute Gasteiger partial charge is 0.338 e. The van der Waals surface area contributed by atoms with Crippen LogP contribution in [-0.4, -0.2) is 20.3 Å². The highest BCUT2D eigenvalue weighted by Gasteiger charge is 2.44. The zero-order chi connectivity index (χ0) is 10.5. The van der Waals surface area contributed by atoms with Crippen LogP contribution in [0.4, 0.5) is 0 Å². The summed E-state index contributed by atoms with van der Waals surface area (Å²) >= 11 is 0. The molecule has 2 heterocycles. The highest BCUT2D eigenvalue weighted by Crippen LogP contribution is 2.47. The molecule has 0 unspecified atom stereocenters. The summed E-state index contributed by atoms with van der Waals surface area (Å²) in [7, 11) is 0. The molecule has 0 atom stereocenters. The minimum Gasteiger partial charge on any atom is -0.338 e. The molecule has 15 heavy (non-hydrogen) atoms. The van der Waals surface area contributed by atoms with Crippen LogP contribution in [-0.2, 0) is 5.41 Å². The van der Waals surface area contributed by atoms with Gasteiger partial charge in [-0.1, -0.05) is 12.1 Å². The van der Waals surface area contributed by atoms with Crippen molar-refractivity contribution in [1.29, 1.82) is 0 Å². The lowest BCUT2D eigenvalue weighted by atomic mass is 10.1. The SMILES string of the molecule is Cc1[nH]ncc1-c1noc(C2(C)CC2)n1. The Morgan fingerprint density at radius 1 is 1.47 bits per heavy atom. The zero-order valence-corrected chi connectivity index (χ0v) is 8.74. The van der Waals surface area contributed by atoms with Gasteiger partial charge in [-0.05, 0) is 19.8 Å². The fourth-order valence-electron chi connectivity index (χ4n) is 1.56. The molecule has 3 rings (SSSR count). The normalized spacial score (nSPS) is 18.0. The molecule has 2 aromatic rings. The van der Waals surface area contributed by atoms with Gasteiger partial charge in [-0.15, -0.1) is 0 Å². The van der Waals surface area contributed by atoms with Crippen molar-refractivity contribution in [1.82, 2.24) is 20.3 Å². The number of aromatic amines is 1. The average Bonchev–Trinajstić information content (AvgIpc) is 2.70. The van der Waals surface area contributed by atoms with Crippen molar-refractivity contribution >= 4 is 0 Å². The molecule has 0 spiro atoms. The van der Waals surface area contributed by atoms with E-state index in [0.717, 1.165) is 30.0 Å². The van der Waals surface area contributed by atoms with E-state index in [2.05, 4.69) is 27.3 Å². The molecule has 1 saturated carbocycles. The highest BCUT2D eigenvalue weighted by molar-refractivity contribution is 5.55. The molecule has 0 saturated heterocycles. The molecule has 1 N–H and O–H groups in total. The Hall–Kier alpha value is -1.65. The predicted octanol–water partition coefficient (Wildman–Crippen LogP) is 1.82. The van der Waals surface area contributed by atoms with Gasteiger partial charge < -0.3 is 4.52 Å². The molecule has 5 heteroatoms. The molecular formula is C10H12N4O. The van der Waals surface area contributed by atoms with Gasteiger partial charge in [0.2, 0.25) is 11.7 Å². The Balaban J connectivity index is 2.01. The molecule has 1 aliphatic rings. The van der Waals surface area contributed by atoms with Crippen molar-refractivity contribution in [3.63, 3.8) is 0 Å². The number of H-pyrrole nitrogens is 1. The first-order valence-corrected chi connectivity index (χ1v) is 5.04. The summed E-state index contributed by atoms with van der Waals surface area (Å²) in [5, 5.41) is 10.8. The van der Waals surface area contributed by atoms with Gasteiger partial charge in [-0.2, -0.15) is 10.1 Å². The van der Waals surface area contributed by atoms with Gasteiger partial charge >= 0.3 is 0 Å². The monoisotopic (exact) mass is 204 g/mol. The van der Waals surface area contributed by atoms with E-state index in [-0.39, 0.29) is 5.41 Å². The maximum Gasteiger partial charge on any atom is 0.232 e. The fourth-order valence-corrected chi connectivity index (χ4v) is 1.56. The van der Waals surface area contributed by atoms with Crippen LogP contribution in [0.5, 0.6) is 0 Å². The van der Waals surface area contributed by atoms with E-state index in [9.17, 15) is 0 Å². The fraction of sp³-hybridized carbons (Fsp3) is 0.500. The van der Waals surface area contributed by atoms with Gasteiger partial charge in [-0.3, -0.25) is 5.10 Å². The van der Waals surface area contributed by atoms with Crippen LogP contribution >= 0.6 is 0 Å². The molecule has 2 aromatic heterocycles. The maximum absolute atomic E-state index is 5.27. The third-order valence-electron chi connectivity index (χ3n) is 3.01. The van der Waals surface area contributed by atoms with Gasteiger partial charge in [0.25, 0.3) is 0 Å². The summed E-state index contributed by atoms with van der Waals surface area (Å²) in [6.45, 7) is 4.09. The van der Waals surface area contributed by atoms with Crippen molar-refractivity contribution in [2.45, 2.75) is 32.1 Å². The van der Waals surface area contributed by atoms with Crippen LogP contribution < -0.4 is 0 Å². The number of aryl methyl sites for hydroxylation is 1. The van der Waals surface area contributed by atoms with Crippen LogP contribution in [0.2, 0.25) is 0 Å². The number of aromatic nitrogens is 4. The first kappa shape index (κ1) is 8.64. The van der Waals surface area contributed by atoms with E-state index in [4.69, 9.17) is 4.52 Å². The summed E-state index contributed by atoms with van der Waals surface area (Å²) < 4.78 is 5.27. The third kappa shape index (κ3) is 1.26. The average molecular weight is 204 g/mol. The van der Waals surface area contributed by atoms with Gasteiger partial charge in [0.1, 0.15) is 0 Å². The van der Waals surface area contributed by atoms with Crippen LogP contribution in [0.25, 0.3) is 11.4 Å². The molecule has 0 amide bonds. The quantitative estimate of drug-likeness (QED) is 0.810. The first-order valence-electron chi connectivity index (χ1n) is 5.04. The Bertz CT molecular complexity index is 495. The van der Waals surface area contributed by atoms with E-state index >= 15 is 0 Å². The summed E-state index contributed by atoms with van der Waals surface area (Å²) in [5.41, 5.74) is 2.00. The molecule has 1 aliphatic carbocycles. The molecule has 1 fully saturated rings. The molecule has 0 radical (unpaired) electrons. The molecule has 0 aliphatic heterocycles. The van der Waals surface area contributed by atoms with Crippen molar-refractivity contribution < 1.29 is 4.52 Å². The second-order valence-electron chi connectivity index (χ2n) is 4.39. The minimum absolute atomic E-state index is 0.128. The lowest BCUT2D eigenvalue weighted by molar-refractivity contribution is 0.353. The maximum atomic E-state index is 5.27. The third-order valence-corrected chi connectivity index (χ3v) is 3.01. The van der Waals surface area contributed by atoms with Gasteiger partial charge in [0, 0.05) is 11.1 Å². The zero-order valence-electron chi connectivity index (χ0n) is 8.74. The van der Waals surface area contributed by atoms with Crippen molar-refractivity contribution in [2.24, 2.45) is 0 Å². The summed E-state index contributed by atoms with van der Waals surface area (Å²) in [5.74, 6) is 1.38. The molecular weight excluding hydrogens is 192 g/mol. The number of nitrogens with one attached hydrogen (secondary N) is 1. The number of hydrogen-bond donors (Lipinski definition) is 1. The molecule has 5 nitrogen and oxygen atoms in total. The van der Waals surface area contributed by atoms with Crippen LogP contribution in [0, 0.1) is 6.92 Å². The topological polar surface area (TPSA) is 67.6 Å². The smallest absolute Gasteiger partial charge is 0.232 e. The summed E-state index contributed by atoms with van der Waals surface area (Å²) in [4.78, 5) is 4.41. The number of rotatable bonds is 2.